The summed E-state index contributed by atoms with van der Waals surface area (Å²) < 4.78 is 6.67. The molecule has 1 atom stereocenters. The largest absolute Gasteiger partial charge is 0.377 e. The third kappa shape index (κ3) is 2.69. The van der Waals surface area contributed by atoms with Crippen molar-refractivity contribution >= 4 is 22.6 Å². The van der Waals surface area contributed by atoms with Gasteiger partial charge in [0.2, 0.25) is 0 Å². The molecule has 0 N–H and O–H groups in total. The number of hydrogen-bond donors (Lipinski definition) is 0. The summed E-state index contributed by atoms with van der Waals surface area (Å²) in [4.78, 5) is 0. The monoisotopic (exact) mass is 338 g/mol. The Kier molecular flexibility index (Phi) is 4.18. The molecule has 0 aliphatic rings. The second-order valence-corrected chi connectivity index (χ2v) is 5.03. The van der Waals surface area contributed by atoms with Gasteiger partial charge in [0.05, 0.1) is 6.10 Å². The van der Waals surface area contributed by atoms with Gasteiger partial charge in [0, 0.05) is 10.7 Å². The normalized spacial score (nSPS) is 12.4. The molecule has 17 heavy (non-hydrogen) atoms. The van der Waals surface area contributed by atoms with Gasteiger partial charge in [0.25, 0.3) is 0 Å². The zero-order valence-electron chi connectivity index (χ0n) is 9.98. The van der Waals surface area contributed by atoms with Crippen LogP contribution in [0.25, 0.3) is 11.1 Å². The maximum atomic E-state index is 5.40. The summed E-state index contributed by atoms with van der Waals surface area (Å²) in [5.41, 5.74) is 3.77. The third-order valence-electron chi connectivity index (χ3n) is 2.90. The molecular weight excluding hydrogens is 323 g/mol. The van der Waals surface area contributed by atoms with E-state index in [1.807, 2.05) is 6.07 Å². The van der Waals surface area contributed by atoms with Crippen LogP contribution in [0, 0.1) is 3.57 Å². The van der Waals surface area contributed by atoms with Crippen molar-refractivity contribution in [2.45, 2.75) is 13.0 Å². The summed E-state index contributed by atoms with van der Waals surface area (Å²) in [6.07, 6.45) is 0.130. The molecule has 0 heterocycles. The minimum atomic E-state index is 0.130. The lowest BCUT2D eigenvalue weighted by molar-refractivity contribution is 0.119. The SMILES string of the molecule is CO[C@@H](C)c1cccc(-c2ccccc2)c1I. The molecule has 0 bridgehead atoms. The van der Waals surface area contributed by atoms with Crippen molar-refractivity contribution in [1.29, 1.82) is 0 Å². The van der Waals surface area contributed by atoms with Crippen LogP contribution >= 0.6 is 22.6 Å². The summed E-state index contributed by atoms with van der Waals surface area (Å²) in [5.74, 6) is 0. The lowest BCUT2D eigenvalue weighted by Crippen LogP contribution is -1.99. The summed E-state index contributed by atoms with van der Waals surface area (Å²) in [5, 5.41) is 0. The van der Waals surface area contributed by atoms with Crippen LogP contribution in [0.5, 0.6) is 0 Å². The molecule has 2 aromatic carbocycles. The molecule has 0 aliphatic carbocycles. The summed E-state index contributed by atoms with van der Waals surface area (Å²) in [6, 6.07) is 16.8. The molecule has 0 saturated carbocycles. The average molecular weight is 338 g/mol. The standard InChI is InChI=1S/C15H15IO/c1-11(17-2)13-9-6-10-14(15(13)16)12-7-4-3-5-8-12/h3-11H,1-2H3/t11-/m0/s1. The Hall–Kier alpha value is -0.870. The molecule has 0 unspecified atom stereocenters. The first-order valence-electron chi connectivity index (χ1n) is 5.60. The molecule has 0 spiro atoms. The Labute approximate surface area is 116 Å². The highest BCUT2D eigenvalue weighted by atomic mass is 127. The van der Waals surface area contributed by atoms with Gasteiger partial charge in [-0.15, -0.1) is 0 Å². The van der Waals surface area contributed by atoms with E-state index in [0.717, 1.165) is 0 Å². The molecule has 2 heteroatoms. The highest BCUT2D eigenvalue weighted by molar-refractivity contribution is 14.1. The van der Waals surface area contributed by atoms with Crippen LogP contribution in [0.4, 0.5) is 0 Å². The average Bonchev–Trinajstić information content (AvgIpc) is 2.39. The van der Waals surface area contributed by atoms with Crippen molar-refractivity contribution in [2.24, 2.45) is 0 Å². The molecule has 0 saturated heterocycles. The third-order valence-corrected chi connectivity index (χ3v) is 4.11. The quantitative estimate of drug-likeness (QED) is 0.740. The fourth-order valence-electron chi connectivity index (χ4n) is 1.83. The van der Waals surface area contributed by atoms with Crippen molar-refractivity contribution < 1.29 is 4.74 Å². The Bertz CT molecular complexity index is 494. The van der Waals surface area contributed by atoms with Crippen molar-refractivity contribution in [3.8, 4) is 11.1 Å². The molecule has 0 aliphatic heterocycles. The number of ether oxygens (including phenoxy) is 1. The highest BCUT2D eigenvalue weighted by Crippen LogP contribution is 2.31. The van der Waals surface area contributed by atoms with Crippen molar-refractivity contribution in [2.75, 3.05) is 7.11 Å². The summed E-state index contributed by atoms with van der Waals surface area (Å²) in [6.45, 7) is 2.08. The van der Waals surface area contributed by atoms with Crippen LogP contribution < -0.4 is 0 Å². The van der Waals surface area contributed by atoms with E-state index in [1.165, 1.54) is 20.3 Å². The lowest BCUT2D eigenvalue weighted by Gasteiger charge is -2.15. The number of benzene rings is 2. The Balaban J connectivity index is 2.50. The van der Waals surface area contributed by atoms with Crippen LogP contribution in [0.15, 0.2) is 48.5 Å². The zero-order chi connectivity index (χ0) is 12.3. The topological polar surface area (TPSA) is 9.23 Å². The fourth-order valence-corrected chi connectivity index (χ4v) is 2.94. The van der Waals surface area contributed by atoms with Gasteiger partial charge in [-0.1, -0.05) is 48.5 Å². The van der Waals surface area contributed by atoms with Gasteiger partial charge in [-0.05, 0) is 46.2 Å². The van der Waals surface area contributed by atoms with Gasteiger partial charge < -0.3 is 4.74 Å². The maximum Gasteiger partial charge on any atom is 0.0803 e. The first kappa shape index (κ1) is 12.6. The van der Waals surface area contributed by atoms with E-state index in [9.17, 15) is 0 Å². The van der Waals surface area contributed by atoms with Crippen LogP contribution in [-0.4, -0.2) is 7.11 Å². The molecule has 1 nitrogen and oxygen atoms in total. The van der Waals surface area contributed by atoms with Crippen LogP contribution in [0.2, 0.25) is 0 Å². The Morgan fingerprint density at radius 2 is 1.71 bits per heavy atom. The van der Waals surface area contributed by atoms with Crippen molar-refractivity contribution in [3.05, 3.63) is 57.7 Å². The molecule has 2 aromatic rings. The minimum absolute atomic E-state index is 0.130. The second kappa shape index (κ2) is 5.65. The van der Waals surface area contributed by atoms with Crippen molar-refractivity contribution in [1.82, 2.24) is 0 Å². The molecule has 0 amide bonds. The Morgan fingerprint density at radius 1 is 1.00 bits per heavy atom. The van der Waals surface area contributed by atoms with Gasteiger partial charge in [-0.2, -0.15) is 0 Å². The lowest BCUT2D eigenvalue weighted by atomic mass is 10.0. The van der Waals surface area contributed by atoms with E-state index in [0.29, 0.717) is 0 Å². The van der Waals surface area contributed by atoms with Gasteiger partial charge in [0.15, 0.2) is 0 Å². The van der Waals surface area contributed by atoms with E-state index in [4.69, 9.17) is 4.74 Å². The first-order chi connectivity index (χ1) is 8.24. The molecule has 88 valence electrons. The van der Waals surface area contributed by atoms with E-state index in [1.54, 1.807) is 7.11 Å². The van der Waals surface area contributed by atoms with E-state index in [2.05, 4.69) is 72.0 Å². The second-order valence-electron chi connectivity index (χ2n) is 3.95. The zero-order valence-corrected chi connectivity index (χ0v) is 12.1. The number of rotatable bonds is 3. The van der Waals surface area contributed by atoms with Crippen molar-refractivity contribution in [3.63, 3.8) is 0 Å². The predicted molar refractivity (Wildman–Crippen MR) is 80.0 cm³/mol. The molecule has 2 rings (SSSR count). The highest BCUT2D eigenvalue weighted by Gasteiger charge is 2.12. The van der Waals surface area contributed by atoms with E-state index < -0.39 is 0 Å². The molecule has 0 fully saturated rings. The van der Waals surface area contributed by atoms with Gasteiger partial charge >= 0.3 is 0 Å². The van der Waals surface area contributed by atoms with Crippen LogP contribution in [0.1, 0.15) is 18.6 Å². The summed E-state index contributed by atoms with van der Waals surface area (Å²) in [7, 11) is 1.75. The smallest absolute Gasteiger partial charge is 0.0803 e. The van der Waals surface area contributed by atoms with Gasteiger partial charge in [-0.25, -0.2) is 0 Å². The predicted octanol–water partition coefficient (Wildman–Crippen LogP) is 4.67. The fraction of sp³-hybridized carbons (Fsp3) is 0.200. The summed E-state index contributed by atoms with van der Waals surface area (Å²) >= 11 is 2.40. The minimum Gasteiger partial charge on any atom is -0.377 e. The van der Waals surface area contributed by atoms with Gasteiger partial charge in [0.1, 0.15) is 0 Å². The van der Waals surface area contributed by atoms with Crippen LogP contribution in [-0.2, 0) is 4.74 Å². The number of methoxy groups -OCH3 is 1. The van der Waals surface area contributed by atoms with Gasteiger partial charge in [-0.3, -0.25) is 0 Å². The maximum absolute atomic E-state index is 5.40. The Morgan fingerprint density at radius 3 is 2.35 bits per heavy atom. The molecule has 0 aromatic heterocycles. The number of halogens is 1. The number of hydrogen-bond acceptors (Lipinski definition) is 1. The van der Waals surface area contributed by atoms with E-state index in [-0.39, 0.29) is 6.10 Å². The van der Waals surface area contributed by atoms with E-state index >= 15 is 0 Å². The molecule has 0 radical (unpaired) electrons. The first-order valence-corrected chi connectivity index (χ1v) is 6.68. The van der Waals surface area contributed by atoms with Crippen LogP contribution in [0.3, 0.4) is 0 Å². The molecular formula is C15H15IO.